The van der Waals surface area contributed by atoms with Gasteiger partial charge in [-0.15, -0.1) is 0 Å². The van der Waals surface area contributed by atoms with Gasteiger partial charge in [0, 0.05) is 21.1 Å². The summed E-state index contributed by atoms with van der Waals surface area (Å²) in [7, 11) is -0.619. The molecule has 1 N–H and O–H groups in total. The standard InChI is InChI=1S/C8H18NO4P/c1-6(2)8(9-7(3)10)14(11,12-4)13-5/h6,8H,1-5H3,(H,9,10). The third kappa shape index (κ3) is 3.40. The number of rotatable bonds is 5. The van der Waals surface area contributed by atoms with Crippen molar-refractivity contribution in [3.63, 3.8) is 0 Å². The van der Waals surface area contributed by atoms with E-state index in [4.69, 9.17) is 9.05 Å². The highest BCUT2D eigenvalue weighted by Crippen LogP contribution is 2.52. The highest BCUT2D eigenvalue weighted by Gasteiger charge is 2.36. The Balaban J connectivity index is 4.79. The highest BCUT2D eigenvalue weighted by molar-refractivity contribution is 7.54. The van der Waals surface area contributed by atoms with Crippen LogP contribution in [-0.2, 0) is 18.4 Å². The second kappa shape index (κ2) is 5.49. The van der Waals surface area contributed by atoms with E-state index in [1.54, 1.807) is 0 Å². The van der Waals surface area contributed by atoms with Crippen LogP contribution in [0.4, 0.5) is 0 Å². The summed E-state index contributed by atoms with van der Waals surface area (Å²) in [6, 6.07) is 0. The number of carbonyl (C=O) groups is 1. The molecule has 14 heavy (non-hydrogen) atoms. The van der Waals surface area contributed by atoms with Crippen LogP contribution in [0.15, 0.2) is 0 Å². The molecule has 1 unspecified atom stereocenters. The number of amides is 1. The van der Waals surface area contributed by atoms with Crippen molar-refractivity contribution in [2.45, 2.75) is 26.6 Å². The van der Waals surface area contributed by atoms with Crippen molar-refractivity contribution in [3.8, 4) is 0 Å². The Labute approximate surface area is 84.7 Å². The Kier molecular flexibility index (Phi) is 5.34. The van der Waals surface area contributed by atoms with Gasteiger partial charge in [0.1, 0.15) is 5.78 Å². The Morgan fingerprint density at radius 1 is 1.29 bits per heavy atom. The van der Waals surface area contributed by atoms with Crippen molar-refractivity contribution in [3.05, 3.63) is 0 Å². The molecule has 0 rings (SSSR count). The fourth-order valence-electron chi connectivity index (χ4n) is 1.12. The number of hydrogen-bond acceptors (Lipinski definition) is 4. The minimum Gasteiger partial charge on any atom is -0.342 e. The molecule has 0 spiro atoms. The normalized spacial score (nSPS) is 14.1. The van der Waals surface area contributed by atoms with Gasteiger partial charge in [-0.05, 0) is 5.92 Å². The Bertz CT molecular complexity index is 233. The predicted octanol–water partition coefficient (Wildman–Crippen LogP) is 1.59. The van der Waals surface area contributed by atoms with Gasteiger partial charge in [0.2, 0.25) is 5.91 Å². The molecule has 1 amide bonds. The molecule has 0 aliphatic rings. The van der Waals surface area contributed by atoms with Gasteiger partial charge in [-0.2, -0.15) is 0 Å². The SMILES string of the molecule is COP(=O)(OC)C(NC(C)=O)C(C)C. The maximum absolute atomic E-state index is 12.0. The fourth-order valence-corrected chi connectivity index (χ4v) is 2.79. The zero-order valence-electron chi connectivity index (χ0n) is 9.23. The first-order valence-electron chi connectivity index (χ1n) is 4.35. The maximum Gasteiger partial charge on any atom is 0.352 e. The topological polar surface area (TPSA) is 64.6 Å². The van der Waals surface area contributed by atoms with Crippen LogP contribution in [0.2, 0.25) is 0 Å². The zero-order chi connectivity index (χ0) is 11.4. The van der Waals surface area contributed by atoms with Crippen LogP contribution in [0.25, 0.3) is 0 Å². The van der Waals surface area contributed by atoms with Crippen LogP contribution >= 0.6 is 7.60 Å². The zero-order valence-corrected chi connectivity index (χ0v) is 10.1. The lowest BCUT2D eigenvalue weighted by Crippen LogP contribution is -2.37. The van der Waals surface area contributed by atoms with Crippen LogP contribution in [0.5, 0.6) is 0 Å². The molecular weight excluding hydrogens is 205 g/mol. The van der Waals surface area contributed by atoms with Gasteiger partial charge in [0.25, 0.3) is 0 Å². The van der Waals surface area contributed by atoms with Crippen LogP contribution in [-0.4, -0.2) is 25.9 Å². The molecule has 0 aromatic rings. The average molecular weight is 223 g/mol. The molecule has 0 fully saturated rings. The molecule has 0 saturated carbocycles. The molecule has 0 bridgehead atoms. The third-order valence-corrected chi connectivity index (χ3v) is 4.26. The van der Waals surface area contributed by atoms with Crippen LogP contribution in [0, 0.1) is 5.92 Å². The molecule has 0 aliphatic carbocycles. The van der Waals surface area contributed by atoms with E-state index in [1.807, 2.05) is 13.8 Å². The van der Waals surface area contributed by atoms with Crippen LogP contribution in [0.1, 0.15) is 20.8 Å². The molecule has 0 radical (unpaired) electrons. The third-order valence-electron chi connectivity index (χ3n) is 1.83. The maximum atomic E-state index is 12.0. The molecular formula is C8H18NO4P. The smallest absolute Gasteiger partial charge is 0.342 e. The van der Waals surface area contributed by atoms with Gasteiger partial charge in [0.15, 0.2) is 0 Å². The lowest BCUT2D eigenvalue weighted by molar-refractivity contribution is -0.119. The largest absolute Gasteiger partial charge is 0.352 e. The fraction of sp³-hybridized carbons (Fsp3) is 0.875. The van der Waals surface area contributed by atoms with E-state index < -0.39 is 13.4 Å². The van der Waals surface area contributed by atoms with Gasteiger partial charge < -0.3 is 14.4 Å². The quantitative estimate of drug-likeness (QED) is 0.719. The molecule has 0 aromatic heterocycles. The minimum absolute atomic E-state index is 0.0235. The summed E-state index contributed by atoms with van der Waals surface area (Å²) >= 11 is 0. The van der Waals surface area contributed by atoms with Gasteiger partial charge in [0.05, 0.1) is 0 Å². The van der Waals surface area contributed by atoms with E-state index in [1.165, 1.54) is 21.1 Å². The van der Waals surface area contributed by atoms with E-state index in [2.05, 4.69) is 5.32 Å². The van der Waals surface area contributed by atoms with Crippen molar-refractivity contribution in [1.82, 2.24) is 5.32 Å². The van der Waals surface area contributed by atoms with Crippen molar-refractivity contribution < 1.29 is 18.4 Å². The summed E-state index contributed by atoms with van der Waals surface area (Å²) in [5.74, 6) is -0.877. The van der Waals surface area contributed by atoms with E-state index in [9.17, 15) is 9.36 Å². The lowest BCUT2D eigenvalue weighted by Gasteiger charge is -2.27. The molecule has 5 nitrogen and oxygen atoms in total. The Morgan fingerprint density at radius 2 is 1.71 bits per heavy atom. The summed E-state index contributed by atoms with van der Waals surface area (Å²) in [5, 5.41) is 2.57. The molecule has 0 aromatic carbocycles. The molecule has 0 heterocycles. The summed E-state index contributed by atoms with van der Waals surface area (Å²) in [6.45, 7) is 5.04. The summed E-state index contributed by atoms with van der Waals surface area (Å²) in [5.41, 5.74) is 0. The number of hydrogen-bond donors (Lipinski definition) is 1. The first kappa shape index (κ1) is 13.6. The summed E-state index contributed by atoms with van der Waals surface area (Å²) in [4.78, 5) is 10.9. The number of carbonyl (C=O) groups excluding carboxylic acids is 1. The summed E-state index contributed by atoms with van der Waals surface area (Å²) in [6.07, 6.45) is 0. The predicted molar refractivity (Wildman–Crippen MR) is 54.1 cm³/mol. The second-order valence-electron chi connectivity index (χ2n) is 3.29. The molecule has 6 heteroatoms. The van der Waals surface area contributed by atoms with Crippen LogP contribution < -0.4 is 5.32 Å². The lowest BCUT2D eigenvalue weighted by atomic mass is 10.2. The Hall–Kier alpha value is -0.380. The van der Waals surface area contributed by atoms with Gasteiger partial charge in [-0.3, -0.25) is 9.36 Å². The van der Waals surface area contributed by atoms with E-state index in [0.29, 0.717) is 0 Å². The summed E-state index contributed by atoms with van der Waals surface area (Å²) < 4.78 is 21.6. The van der Waals surface area contributed by atoms with Crippen molar-refractivity contribution in [1.29, 1.82) is 0 Å². The monoisotopic (exact) mass is 223 g/mol. The van der Waals surface area contributed by atoms with E-state index in [-0.39, 0.29) is 11.8 Å². The minimum atomic E-state index is -3.23. The van der Waals surface area contributed by atoms with Crippen molar-refractivity contribution in [2.24, 2.45) is 5.92 Å². The van der Waals surface area contributed by atoms with E-state index >= 15 is 0 Å². The molecule has 84 valence electrons. The molecule has 1 atom stereocenters. The van der Waals surface area contributed by atoms with Crippen molar-refractivity contribution in [2.75, 3.05) is 14.2 Å². The van der Waals surface area contributed by atoms with Gasteiger partial charge in [-0.1, -0.05) is 13.8 Å². The average Bonchev–Trinajstić information content (AvgIpc) is 2.12. The van der Waals surface area contributed by atoms with Gasteiger partial charge >= 0.3 is 7.60 Å². The first-order valence-corrected chi connectivity index (χ1v) is 5.97. The van der Waals surface area contributed by atoms with Crippen molar-refractivity contribution >= 4 is 13.5 Å². The first-order chi connectivity index (χ1) is 6.37. The van der Waals surface area contributed by atoms with Crippen LogP contribution in [0.3, 0.4) is 0 Å². The molecule has 0 saturated heterocycles. The number of nitrogens with one attached hydrogen (secondary N) is 1. The molecule has 0 aliphatic heterocycles. The van der Waals surface area contributed by atoms with Gasteiger partial charge in [-0.25, -0.2) is 0 Å². The Morgan fingerprint density at radius 3 is 1.93 bits per heavy atom. The van der Waals surface area contributed by atoms with E-state index in [0.717, 1.165) is 0 Å². The second-order valence-corrected chi connectivity index (χ2v) is 5.66. The highest BCUT2D eigenvalue weighted by atomic mass is 31.2.